The molecule has 1 amide bonds. The van der Waals surface area contributed by atoms with Crippen LogP contribution in [0.2, 0.25) is 0 Å². The van der Waals surface area contributed by atoms with E-state index < -0.39 is 0 Å². The summed E-state index contributed by atoms with van der Waals surface area (Å²) in [7, 11) is 0. The number of pyridine rings is 1. The molecule has 1 aliphatic heterocycles. The molecule has 0 radical (unpaired) electrons. The molecule has 0 atom stereocenters. The molecule has 62 valence electrons. The Morgan fingerprint density at radius 2 is 2.33 bits per heavy atom. The first-order chi connectivity index (χ1) is 5.68. The van der Waals surface area contributed by atoms with Crippen molar-refractivity contribution in [2.45, 2.75) is 13.5 Å². The van der Waals surface area contributed by atoms with Crippen LogP contribution in [0.15, 0.2) is 6.07 Å². The molecule has 1 aromatic heterocycles. The van der Waals surface area contributed by atoms with E-state index in [1.165, 1.54) is 0 Å². The van der Waals surface area contributed by atoms with E-state index in [-0.39, 0.29) is 5.91 Å². The fraction of sp³-hybridized carbons (Fsp3) is 0.250. The van der Waals surface area contributed by atoms with Crippen LogP contribution in [-0.4, -0.2) is 10.9 Å². The molecule has 0 saturated carbocycles. The van der Waals surface area contributed by atoms with E-state index in [2.05, 4.69) is 10.3 Å². The molecule has 1 aliphatic rings. The lowest BCUT2D eigenvalue weighted by Gasteiger charge is -1.97. The van der Waals surface area contributed by atoms with Gasteiger partial charge in [-0.25, -0.2) is 0 Å². The largest absolute Gasteiger partial charge is 0.350 e. The third kappa shape index (κ3) is 0.956. The number of hydrogen-bond donors (Lipinski definition) is 2. The molecule has 0 spiro atoms. The van der Waals surface area contributed by atoms with Crippen LogP contribution in [0.3, 0.4) is 0 Å². The molecule has 0 unspecified atom stereocenters. The second kappa shape index (κ2) is 2.42. The van der Waals surface area contributed by atoms with Gasteiger partial charge in [0.2, 0.25) is 0 Å². The predicted molar refractivity (Wildman–Crippen MR) is 47.5 cm³/mol. The number of aromatic nitrogens is 1. The molecule has 0 bridgehead atoms. The topological polar surface area (TPSA) is 44.9 Å². The molecular weight excluding hydrogens is 172 g/mol. The number of rotatable bonds is 0. The van der Waals surface area contributed by atoms with Gasteiger partial charge in [-0.2, -0.15) is 0 Å². The van der Waals surface area contributed by atoms with Crippen molar-refractivity contribution in [1.82, 2.24) is 10.3 Å². The summed E-state index contributed by atoms with van der Waals surface area (Å²) in [5.41, 5.74) is 2.63. The first kappa shape index (κ1) is 7.49. The Balaban J connectivity index is 2.77. The maximum Gasteiger partial charge on any atom is 0.254 e. The Labute approximate surface area is 74.8 Å². The number of H-pyrrole nitrogens is 1. The quantitative estimate of drug-likeness (QED) is 0.591. The highest BCUT2D eigenvalue weighted by Gasteiger charge is 2.20. The Morgan fingerprint density at radius 3 is 3.08 bits per heavy atom. The number of fused-ring (bicyclic) bond motifs is 1. The van der Waals surface area contributed by atoms with Crippen LogP contribution in [0.4, 0.5) is 0 Å². The van der Waals surface area contributed by atoms with Gasteiger partial charge in [-0.1, -0.05) is 12.2 Å². The Kier molecular flexibility index (Phi) is 1.51. The number of aromatic amines is 1. The average molecular weight is 180 g/mol. The van der Waals surface area contributed by atoms with Crippen molar-refractivity contribution < 1.29 is 4.79 Å². The minimum absolute atomic E-state index is 0.0637. The van der Waals surface area contributed by atoms with Crippen molar-refractivity contribution >= 4 is 18.1 Å². The van der Waals surface area contributed by atoms with Crippen LogP contribution in [-0.2, 0) is 6.54 Å². The van der Waals surface area contributed by atoms with Gasteiger partial charge in [0.15, 0.2) is 0 Å². The minimum Gasteiger partial charge on any atom is -0.350 e. The van der Waals surface area contributed by atoms with Crippen LogP contribution in [0, 0.1) is 11.6 Å². The number of hydrogen-bond acceptors (Lipinski definition) is 2. The van der Waals surface area contributed by atoms with Crippen LogP contribution in [0.5, 0.6) is 0 Å². The van der Waals surface area contributed by atoms with E-state index in [1.54, 1.807) is 0 Å². The molecule has 0 saturated heterocycles. The minimum atomic E-state index is -0.0637. The first-order valence-corrected chi connectivity index (χ1v) is 4.10. The number of aryl methyl sites for hydroxylation is 1. The van der Waals surface area contributed by atoms with Gasteiger partial charge in [-0.15, -0.1) is 0 Å². The fourth-order valence-corrected chi connectivity index (χ4v) is 1.79. The monoisotopic (exact) mass is 180 g/mol. The summed E-state index contributed by atoms with van der Waals surface area (Å²) in [6.07, 6.45) is 0. The van der Waals surface area contributed by atoms with Crippen molar-refractivity contribution in [2.24, 2.45) is 0 Å². The van der Waals surface area contributed by atoms with E-state index in [4.69, 9.17) is 12.2 Å². The lowest BCUT2D eigenvalue weighted by atomic mass is 10.1. The smallest absolute Gasteiger partial charge is 0.254 e. The summed E-state index contributed by atoms with van der Waals surface area (Å²) >= 11 is 5.03. The molecular formula is C8H8N2OS. The molecule has 0 aromatic carbocycles. The van der Waals surface area contributed by atoms with Crippen molar-refractivity contribution in [1.29, 1.82) is 0 Å². The van der Waals surface area contributed by atoms with Crippen molar-refractivity contribution in [3.05, 3.63) is 27.5 Å². The summed E-state index contributed by atoms with van der Waals surface area (Å²) in [4.78, 5) is 14.2. The molecule has 2 rings (SSSR count). The van der Waals surface area contributed by atoms with E-state index in [0.717, 1.165) is 11.3 Å². The fourth-order valence-electron chi connectivity index (χ4n) is 1.41. The molecule has 12 heavy (non-hydrogen) atoms. The van der Waals surface area contributed by atoms with Crippen LogP contribution < -0.4 is 5.32 Å². The van der Waals surface area contributed by atoms with Gasteiger partial charge in [0, 0.05) is 12.2 Å². The van der Waals surface area contributed by atoms with Gasteiger partial charge < -0.3 is 10.3 Å². The van der Waals surface area contributed by atoms with Gasteiger partial charge >= 0.3 is 0 Å². The molecule has 2 N–H and O–H groups in total. The Bertz CT molecular complexity index is 408. The maximum absolute atomic E-state index is 11.2. The lowest BCUT2D eigenvalue weighted by Crippen LogP contribution is -2.12. The van der Waals surface area contributed by atoms with Crippen molar-refractivity contribution in [3.8, 4) is 0 Å². The lowest BCUT2D eigenvalue weighted by molar-refractivity contribution is 0.0965. The van der Waals surface area contributed by atoms with Crippen LogP contribution in [0.25, 0.3) is 0 Å². The van der Waals surface area contributed by atoms with Gasteiger partial charge in [0.25, 0.3) is 5.91 Å². The normalized spacial score (nSPS) is 14.2. The molecule has 0 fully saturated rings. The van der Waals surface area contributed by atoms with Crippen LogP contribution in [0.1, 0.15) is 21.6 Å². The Morgan fingerprint density at radius 1 is 1.58 bits per heavy atom. The molecule has 4 heteroatoms. The summed E-state index contributed by atoms with van der Waals surface area (Å²) in [6, 6.07) is 1.95. The summed E-state index contributed by atoms with van der Waals surface area (Å²) < 4.78 is 0.542. The third-order valence-corrected chi connectivity index (χ3v) is 2.22. The summed E-state index contributed by atoms with van der Waals surface area (Å²) in [6.45, 7) is 2.53. The highest BCUT2D eigenvalue weighted by atomic mass is 32.1. The number of carbonyl (C=O) groups excluding carboxylic acids is 1. The summed E-state index contributed by atoms with van der Waals surface area (Å²) in [5.74, 6) is -0.0637. The van der Waals surface area contributed by atoms with Gasteiger partial charge in [0.1, 0.15) is 4.64 Å². The molecule has 2 heterocycles. The number of carbonyl (C=O) groups is 1. The SMILES string of the molecule is Cc1cc2c(c(=S)[nH]1)C(=O)NC2. The molecule has 0 aliphatic carbocycles. The third-order valence-electron chi connectivity index (χ3n) is 1.92. The first-order valence-electron chi connectivity index (χ1n) is 3.69. The van der Waals surface area contributed by atoms with Crippen molar-refractivity contribution in [3.63, 3.8) is 0 Å². The van der Waals surface area contributed by atoms with Crippen molar-refractivity contribution in [2.75, 3.05) is 0 Å². The highest BCUT2D eigenvalue weighted by molar-refractivity contribution is 7.71. The zero-order valence-electron chi connectivity index (χ0n) is 6.60. The highest BCUT2D eigenvalue weighted by Crippen LogP contribution is 2.16. The van der Waals surface area contributed by atoms with E-state index in [9.17, 15) is 4.79 Å². The second-order valence-corrected chi connectivity index (χ2v) is 3.27. The number of amides is 1. The van der Waals surface area contributed by atoms with Gasteiger partial charge in [-0.3, -0.25) is 4.79 Å². The second-order valence-electron chi connectivity index (χ2n) is 2.86. The summed E-state index contributed by atoms with van der Waals surface area (Å²) in [5, 5.41) is 2.73. The maximum atomic E-state index is 11.2. The predicted octanol–water partition coefficient (Wildman–Crippen LogP) is 1.30. The zero-order chi connectivity index (χ0) is 8.72. The molecule has 3 nitrogen and oxygen atoms in total. The standard InChI is InChI=1S/C8H8N2OS/c1-4-2-5-3-9-7(11)6(5)8(12)10-4/h2H,3H2,1H3,(H,9,11)(H,10,12). The zero-order valence-corrected chi connectivity index (χ0v) is 7.42. The molecule has 1 aromatic rings. The van der Waals surface area contributed by atoms with E-state index >= 15 is 0 Å². The number of nitrogens with one attached hydrogen (secondary N) is 2. The average Bonchev–Trinajstić information content (AvgIpc) is 2.31. The van der Waals surface area contributed by atoms with E-state index in [0.29, 0.717) is 16.7 Å². The Hall–Kier alpha value is -1.16. The van der Waals surface area contributed by atoms with E-state index in [1.807, 2.05) is 13.0 Å². The van der Waals surface area contributed by atoms with Gasteiger partial charge in [-0.05, 0) is 18.6 Å². The van der Waals surface area contributed by atoms with Gasteiger partial charge in [0.05, 0.1) is 5.56 Å². The van der Waals surface area contributed by atoms with Crippen LogP contribution >= 0.6 is 12.2 Å².